The number of para-hydroxylation sites is 2. The van der Waals surface area contributed by atoms with E-state index >= 15 is 0 Å². The molecule has 3 aromatic carbocycles. The third-order valence-corrected chi connectivity index (χ3v) is 7.73. The van der Waals surface area contributed by atoms with Crippen LogP contribution in [-0.4, -0.2) is 54.9 Å². The van der Waals surface area contributed by atoms with E-state index in [9.17, 15) is 4.79 Å². The lowest BCUT2D eigenvalue weighted by Gasteiger charge is -2.36. The van der Waals surface area contributed by atoms with Crippen molar-refractivity contribution in [2.75, 3.05) is 38.2 Å². The Labute approximate surface area is 243 Å². The molecule has 0 bridgehead atoms. The molecule has 7 nitrogen and oxygen atoms in total. The van der Waals surface area contributed by atoms with Gasteiger partial charge in [-0.05, 0) is 86.8 Å². The van der Waals surface area contributed by atoms with E-state index in [1.165, 1.54) is 16.7 Å². The number of nitrogens with zero attached hydrogens (tertiary/aromatic N) is 4. The number of nitrogens with one attached hydrogen (secondary N) is 1. The monoisotopic (exact) mass is 549 g/mol. The summed E-state index contributed by atoms with van der Waals surface area (Å²) >= 11 is 0. The molecule has 0 aliphatic carbocycles. The topological polar surface area (TPSA) is 62.1 Å². The third kappa shape index (κ3) is 6.52. The Morgan fingerprint density at radius 2 is 1.59 bits per heavy atom. The van der Waals surface area contributed by atoms with Crippen LogP contribution in [0.25, 0.3) is 5.69 Å². The van der Waals surface area contributed by atoms with Gasteiger partial charge < -0.3 is 14.2 Å². The largest absolute Gasteiger partial charge is 0.495 e. The molecule has 7 heteroatoms. The molecule has 0 unspecified atom stereocenters. The normalized spacial score (nSPS) is 14.0. The fourth-order valence-electron chi connectivity index (χ4n) is 5.68. The molecule has 5 rings (SSSR count). The van der Waals surface area contributed by atoms with E-state index in [-0.39, 0.29) is 5.91 Å². The number of ether oxygens (including phenoxy) is 1. The van der Waals surface area contributed by atoms with Crippen molar-refractivity contribution < 1.29 is 9.53 Å². The molecule has 4 aromatic rings. The van der Waals surface area contributed by atoms with E-state index < -0.39 is 0 Å². The Balaban J connectivity index is 1.15. The smallest absolute Gasteiger partial charge is 0.271 e. The number of aryl methyl sites for hydroxylation is 3. The van der Waals surface area contributed by atoms with Crippen molar-refractivity contribution in [2.24, 2.45) is 5.10 Å². The lowest BCUT2D eigenvalue weighted by atomic mass is 10.1. The van der Waals surface area contributed by atoms with Gasteiger partial charge in [-0.1, -0.05) is 30.3 Å². The highest BCUT2D eigenvalue weighted by molar-refractivity contribution is 5.95. The van der Waals surface area contributed by atoms with E-state index in [4.69, 9.17) is 4.74 Å². The molecule has 1 saturated heterocycles. The van der Waals surface area contributed by atoms with Gasteiger partial charge in [0.05, 0.1) is 19.0 Å². The molecule has 1 amide bonds. The Bertz CT molecular complexity index is 1530. The van der Waals surface area contributed by atoms with Crippen LogP contribution in [0.4, 0.5) is 5.69 Å². The third-order valence-electron chi connectivity index (χ3n) is 7.73. The highest BCUT2D eigenvalue weighted by Crippen LogP contribution is 2.28. The van der Waals surface area contributed by atoms with Gasteiger partial charge in [0, 0.05) is 60.9 Å². The van der Waals surface area contributed by atoms with E-state index in [1.54, 1.807) is 13.3 Å². The van der Waals surface area contributed by atoms with Crippen LogP contribution in [0.5, 0.6) is 5.75 Å². The van der Waals surface area contributed by atoms with Crippen LogP contribution in [0.3, 0.4) is 0 Å². The second-order valence-electron chi connectivity index (χ2n) is 10.8. The summed E-state index contributed by atoms with van der Waals surface area (Å²) in [5.41, 5.74) is 12.4. The number of rotatable bonds is 8. The number of carbonyl (C=O) groups is 1. The zero-order valence-electron chi connectivity index (χ0n) is 24.6. The average Bonchev–Trinajstić information content (AvgIpc) is 3.25. The standard InChI is InChI=1S/C34H39N5O2/c1-24-18-25(2)20-31(19-24)39-26(3)21-30(27(39)4)22-35-36-34(40)29-12-10-28(11-13-29)23-37-14-16-38(17-15-37)32-8-6-7-9-33(32)41-5/h6-13,18-22H,14-17,23H2,1-5H3,(H,36,40)/b35-22-. The van der Waals surface area contributed by atoms with E-state index in [0.717, 1.165) is 66.8 Å². The number of methoxy groups -OCH3 is 1. The lowest BCUT2D eigenvalue weighted by molar-refractivity contribution is 0.0955. The van der Waals surface area contributed by atoms with Gasteiger partial charge in [-0.15, -0.1) is 0 Å². The first kappa shape index (κ1) is 28.2. The van der Waals surface area contributed by atoms with Crippen LogP contribution in [0.15, 0.2) is 77.9 Å². The molecule has 0 spiro atoms. The molecule has 212 valence electrons. The van der Waals surface area contributed by atoms with Gasteiger partial charge in [-0.3, -0.25) is 9.69 Å². The SMILES string of the molecule is COc1ccccc1N1CCN(Cc2ccc(C(=O)N/N=C\c3cc(C)n(-c4cc(C)cc(C)c4)c3C)cc2)CC1. The minimum atomic E-state index is -0.221. The predicted molar refractivity (Wildman–Crippen MR) is 167 cm³/mol. The highest BCUT2D eigenvalue weighted by atomic mass is 16.5. The summed E-state index contributed by atoms with van der Waals surface area (Å²) in [6.45, 7) is 13.1. The zero-order chi connectivity index (χ0) is 28.9. The quantitative estimate of drug-likeness (QED) is 0.223. The van der Waals surface area contributed by atoms with Crippen molar-refractivity contribution in [2.45, 2.75) is 34.2 Å². The number of benzene rings is 3. The average molecular weight is 550 g/mol. The first-order chi connectivity index (χ1) is 19.8. The summed E-state index contributed by atoms with van der Waals surface area (Å²) in [7, 11) is 1.72. The maximum atomic E-state index is 12.8. The molecular formula is C34H39N5O2. The molecule has 0 atom stereocenters. The Morgan fingerprint density at radius 3 is 2.27 bits per heavy atom. The summed E-state index contributed by atoms with van der Waals surface area (Å²) in [6, 6.07) is 24.6. The van der Waals surface area contributed by atoms with Gasteiger partial charge in [-0.2, -0.15) is 5.10 Å². The Kier molecular flexibility index (Phi) is 8.55. The van der Waals surface area contributed by atoms with Crippen LogP contribution in [0.2, 0.25) is 0 Å². The van der Waals surface area contributed by atoms with Crippen molar-refractivity contribution in [1.29, 1.82) is 0 Å². The molecule has 2 heterocycles. The first-order valence-electron chi connectivity index (χ1n) is 14.1. The van der Waals surface area contributed by atoms with E-state index in [1.807, 2.05) is 36.4 Å². The number of amides is 1. The van der Waals surface area contributed by atoms with Crippen molar-refractivity contribution in [1.82, 2.24) is 14.9 Å². The second-order valence-corrected chi connectivity index (χ2v) is 10.8. The number of hydrogen-bond donors (Lipinski definition) is 1. The van der Waals surface area contributed by atoms with Gasteiger partial charge in [0.25, 0.3) is 5.91 Å². The van der Waals surface area contributed by atoms with Crippen LogP contribution in [0, 0.1) is 27.7 Å². The first-order valence-corrected chi connectivity index (χ1v) is 14.1. The van der Waals surface area contributed by atoms with Crippen molar-refractivity contribution in [3.63, 3.8) is 0 Å². The van der Waals surface area contributed by atoms with Gasteiger partial charge in [-0.25, -0.2) is 5.43 Å². The minimum absolute atomic E-state index is 0.221. The lowest BCUT2D eigenvalue weighted by Crippen LogP contribution is -2.46. The Hall–Kier alpha value is -4.36. The zero-order valence-corrected chi connectivity index (χ0v) is 24.6. The van der Waals surface area contributed by atoms with Gasteiger partial charge in [0.15, 0.2) is 0 Å². The number of aromatic nitrogens is 1. The summed E-state index contributed by atoms with van der Waals surface area (Å²) in [5.74, 6) is 0.696. The van der Waals surface area contributed by atoms with E-state index in [2.05, 4.69) is 89.0 Å². The molecule has 1 aromatic heterocycles. The predicted octanol–water partition coefficient (Wildman–Crippen LogP) is 5.81. The van der Waals surface area contributed by atoms with Crippen LogP contribution < -0.4 is 15.1 Å². The number of hydrogen-bond acceptors (Lipinski definition) is 5. The fourth-order valence-corrected chi connectivity index (χ4v) is 5.68. The van der Waals surface area contributed by atoms with Crippen molar-refractivity contribution in [3.8, 4) is 11.4 Å². The van der Waals surface area contributed by atoms with Crippen molar-refractivity contribution in [3.05, 3.63) is 112 Å². The number of piperazine rings is 1. The molecule has 1 N–H and O–H groups in total. The van der Waals surface area contributed by atoms with Gasteiger partial charge in [0.2, 0.25) is 0 Å². The number of carbonyl (C=O) groups excluding carboxylic acids is 1. The van der Waals surface area contributed by atoms with Crippen LogP contribution in [0.1, 0.15) is 44.0 Å². The van der Waals surface area contributed by atoms with E-state index in [0.29, 0.717) is 5.56 Å². The van der Waals surface area contributed by atoms with Gasteiger partial charge >= 0.3 is 0 Å². The van der Waals surface area contributed by atoms with Gasteiger partial charge in [0.1, 0.15) is 5.75 Å². The molecule has 0 radical (unpaired) electrons. The molecular weight excluding hydrogens is 510 g/mol. The maximum absolute atomic E-state index is 12.8. The molecule has 1 aliphatic heterocycles. The van der Waals surface area contributed by atoms with Crippen LogP contribution >= 0.6 is 0 Å². The highest BCUT2D eigenvalue weighted by Gasteiger charge is 2.19. The number of anilines is 1. The minimum Gasteiger partial charge on any atom is -0.495 e. The maximum Gasteiger partial charge on any atom is 0.271 e. The Morgan fingerprint density at radius 1 is 0.902 bits per heavy atom. The summed E-state index contributed by atoms with van der Waals surface area (Å²) in [5, 5.41) is 4.26. The summed E-state index contributed by atoms with van der Waals surface area (Å²) in [4.78, 5) is 17.6. The molecule has 1 fully saturated rings. The molecule has 1 aliphatic rings. The summed E-state index contributed by atoms with van der Waals surface area (Å²) < 4.78 is 7.76. The number of hydrazone groups is 1. The summed E-state index contributed by atoms with van der Waals surface area (Å²) in [6.07, 6.45) is 1.72. The van der Waals surface area contributed by atoms with Crippen LogP contribution in [-0.2, 0) is 6.54 Å². The fraction of sp³-hybridized carbons (Fsp3) is 0.294. The molecule has 41 heavy (non-hydrogen) atoms. The second kappa shape index (κ2) is 12.4. The van der Waals surface area contributed by atoms with Crippen molar-refractivity contribution >= 4 is 17.8 Å². The molecule has 0 saturated carbocycles.